The van der Waals surface area contributed by atoms with Crippen molar-refractivity contribution in [2.24, 2.45) is 0 Å². The molecule has 6 nitrogen and oxygen atoms in total. The number of nitrogens with one attached hydrogen (secondary N) is 1. The van der Waals surface area contributed by atoms with Crippen LogP contribution in [0.25, 0.3) is 0 Å². The molecule has 0 fully saturated rings. The quantitative estimate of drug-likeness (QED) is 0.515. The minimum absolute atomic E-state index is 0.149. The van der Waals surface area contributed by atoms with Gasteiger partial charge in [-0.1, -0.05) is 27.5 Å². The zero-order valence-corrected chi connectivity index (χ0v) is 18.6. The molecule has 0 atom stereocenters. The van der Waals surface area contributed by atoms with Crippen molar-refractivity contribution in [2.45, 2.75) is 12.8 Å². The van der Waals surface area contributed by atoms with Crippen LogP contribution in [0.1, 0.15) is 12.8 Å². The summed E-state index contributed by atoms with van der Waals surface area (Å²) in [4.78, 5) is 12.0. The number of hydrogen-bond acceptors (Lipinski definition) is 4. The van der Waals surface area contributed by atoms with Crippen molar-refractivity contribution in [1.82, 2.24) is 5.32 Å². The van der Waals surface area contributed by atoms with Crippen LogP contribution < -0.4 is 14.4 Å². The fourth-order valence-corrected chi connectivity index (χ4v) is 3.81. The Labute approximate surface area is 179 Å². The molecular weight excluding hydrogens is 468 g/mol. The lowest BCUT2D eigenvalue weighted by Crippen LogP contribution is -2.32. The van der Waals surface area contributed by atoms with Gasteiger partial charge in [-0.15, -0.1) is 0 Å². The summed E-state index contributed by atoms with van der Waals surface area (Å²) in [5.41, 5.74) is 0.572. The van der Waals surface area contributed by atoms with E-state index in [1.165, 1.54) is 4.31 Å². The van der Waals surface area contributed by atoms with Crippen molar-refractivity contribution in [3.63, 3.8) is 0 Å². The number of rotatable bonds is 10. The highest BCUT2D eigenvalue weighted by Gasteiger charge is 2.17. The molecular formula is C19H22BrClN2O4S. The van der Waals surface area contributed by atoms with Crippen LogP contribution in [-0.2, 0) is 14.8 Å². The summed E-state index contributed by atoms with van der Waals surface area (Å²) in [5.74, 6) is 0.529. The number of carbonyl (C=O) groups excluding carboxylic acids is 1. The second-order valence-electron chi connectivity index (χ2n) is 6.07. The molecule has 0 spiro atoms. The highest BCUT2D eigenvalue weighted by atomic mass is 79.9. The lowest BCUT2D eigenvalue weighted by Gasteiger charge is -2.22. The molecule has 2 aromatic carbocycles. The normalized spacial score (nSPS) is 11.1. The Morgan fingerprint density at radius 2 is 1.79 bits per heavy atom. The van der Waals surface area contributed by atoms with Crippen molar-refractivity contribution < 1.29 is 17.9 Å². The third kappa shape index (κ3) is 7.69. The Balaban J connectivity index is 1.73. The topological polar surface area (TPSA) is 75.7 Å². The van der Waals surface area contributed by atoms with Gasteiger partial charge in [0, 0.05) is 22.5 Å². The fraction of sp³-hybridized carbons (Fsp3) is 0.316. The number of ether oxygens (including phenoxy) is 1. The molecule has 1 amide bonds. The first-order valence-electron chi connectivity index (χ1n) is 8.64. The minimum Gasteiger partial charge on any atom is -0.492 e. The van der Waals surface area contributed by atoms with Gasteiger partial charge in [-0.05, 0) is 55.0 Å². The number of sulfonamides is 1. The average molecular weight is 490 g/mol. The Kier molecular flexibility index (Phi) is 8.59. The van der Waals surface area contributed by atoms with E-state index in [1.807, 2.05) is 0 Å². The smallest absolute Gasteiger partial charge is 0.232 e. The maximum Gasteiger partial charge on any atom is 0.232 e. The van der Waals surface area contributed by atoms with E-state index in [1.54, 1.807) is 48.5 Å². The third-order valence-electron chi connectivity index (χ3n) is 3.79. The predicted molar refractivity (Wildman–Crippen MR) is 116 cm³/mol. The zero-order chi connectivity index (χ0) is 20.6. The van der Waals surface area contributed by atoms with Crippen LogP contribution in [0.5, 0.6) is 5.75 Å². The van der Waals surface area contributed by atoms with E-state index in [0.717, 1.165) is 10.7 Å². The fourth-order valence-electron chi connectivity index (χ4n) is 2.46. The monoisotopic (exact) mass is 488 g/mol. The van der Waals surface area contributed by atoms with Crippen LogP contribution in [0.3, 0.4) is 0 Å². The molecule has 2 aromatic rings. The summed E-state index contributed by atoms with van der Waals surface area (Å²) < 4.78 is 31.8. The van der Waals surface area contributed by atoms with Gasteiger partial charge in [-0.2, -0.15) is 0 Å². The number of carbonyl (C=O) groups is 1. The Hall–Kier alpha value is -1.77. The first-order chi connectivity index (χ1) is 13.3. The van der Waals surface area contributed by atoms with Gasteiger partial charge in [0.2, 0.25) is 15.9 Å². The summed E-state index contributed by atoms with van der Waals surface area (Å²) in [7, 11) is -3.43. The van der Waals surface area contributed by atoms with Gasteiger partial charge >= 0.3 is 0 Å². The highest BCUT2D eigenvalue weighted by Crippen LogP contribution is 2.21. The zero-order valence-electron chi connectivity index (χ0n) is 15.4. The molecule has 0 aromatic heterocycles. The van der Waals surface area contributed by atoms with Crippen molar-refractivity contribution >= 4 is 49.1 Å². The molecule has 9 heteroatoms. The van der Waals surface area contributed by atoms with E-state index in [2.05, 4.69) is 21.2 Å². The molecule has 1 N–H and O–H groups in total. The highest BCUT2D eigenvalue weighted by molar-refractivity contribution is 9.10. The third-order valence-corrected chi connectivity index (χ3v) is 5.76. The van der Waals surface area contributed by atoms with Crippen molar-refractivity contribution in [1.29, 1.82) is 0 Å². The van der Waals surface area contributed by atoms with Crippen LogP contribution >= 0.6 is 27.5 Å². The lowest BCUT2D eigenvalue weighted by molar-refractivity contribution is -0.121. The van der Waals surface area contributed by atoms with E-state index >= 15 is 0 Å². The van der Waals surface area contributed by atoms with Crippen LogP contribution in [0, 0.1) is 0 Å². The summed E-state index contributed by atoms with van der Waals surface area (Å²) in [6.07, 6.45) is 1.79. The molecule has 28 heavy (non-hydrogen) atoms. The maximum absolute atomic E-state index is 12.0. The molecule has 0 saturated heterocycles. The molecule has 0 heterocycles. The summed E-state index contributed by atoms with van der Waals surface area (Å²) >= 11 is 9.13. The summed E-state index contributed by atoms with van der Waals surface area (Å²) in [6.45, 7) is 0.931. The van der Waals surface area contributed by atoms with Gasteiger partial charge in [-0.3, -0.25) is 9.10 Å². The van der Waals surface area contributed by atoms with Crippen molar-refractivity contribution in [3.05, 3.63) is 58.0 Å². The summed E-state index contributed by atoms with van der Waals surface area (Å²) in [5, 5.41) is 3.39. The number of benzene rings is 2. The van der Waals surface area contributed by atoms with Gasteiger partial charge in [0.15, 0.2) is 0 Å². The standard InChI is InChI=1S/C19H22BrClN2O4S/c1-28(25,26)23(17-8-4-15(20)5-9-17)13-2-3-19(24)22-12-14-27-18-10-6-16(21)7-11-18/h4-11H,2-3,12-14H2,1H3,(H,22,24). The Morgan fingerprint density at radius 1 is 1.14 bits per heavy atom. The van der Waals surface area contributed by atoms with Crippen molar-refractivity contribution in [3.8, 4) is 5.75 Å². The number of nitrogens with zero attached hydrogens (tertiary/aromatic N) is 1. The van der Waals surface area contributed by atoms with E-state index in [0.29, 0.717) is 36.0 Å². The van der Waals surface area contributed by atoms with Crippen LogP contribution in [0.2, 0.25) is 5.02 Å². The van der Waals surface area contributed by atoms with E-state index in [4.69, 9.17) is 16.3 Å². The van der Waals surface area contributed by atoms with Crippen molar-refractivity contribution in [2.75, 3.05) is 30.3 Å². The van der Waals surface area contributed by atoms with Crippen LogP contribution in [-0.4, -0.2) is 40.3 Å². The lowest BCUT2D eigenvalue weighted by atomic mass is 10.2. The van der Waals surface area contributed by atoms with E-state index < -0.39 is 10.0 Å². The van der Waals surface area contributed by atoms with Gasteiger partial charge in [0.25, 0.3) is 0 Å². The molecule has 0 aliphatic rings. The Morgan fingerprint density at radius 3 is 2.39 bits per heavy atom. The van der Waals surface area contributed by atoms with E-state index in [9.17, 15) is 13.2 Å². The predicted octanol–water partition coefficient (Wildman–Crippen LogP) is 3.84. The second kappa shape index (κ2) is 10.7. The Bertz CT molecular complexity index is 874. The van der Waals surface area contributed by atoms with Gasteiger partial charge in [0.05, 0.1) is 18.5 Å². The molecule has 0 radical (unpaired) electrons. The van der Waals surface area contributed by atoms with Gasteiger partial charge < -0.3 is 10.1 Å². The average Bonchev–Trinajstić information content (AvgIpc) is 2.64. The molecule has 152 valence electrons. The largest absolute Gasteiger partial charge is 0.492 e. The molecule has 0 aliphatic carbocycles. The van der Waals surface area contributed by atoms with Crippen LogP contribution in [0.15, 0.2) is 53.0 Å². The minimum atomic E-state index is -3.43. The molecule has 2 rings (SSSR count). The van der Waals surface area contributed by atoms with E-state index in [-0.39, 0.29) is 18.9 Å². The SMILES string of the molecule is CS(=O)(=O)N(CCCC(=O)NCCOc1ccc(Cl)cc1)c1ccc(Br)cc1. The van der Waals surface area contributed by atoms with Crippen LogP contribution in [0.4, 0.5) is 5.69 Å². The molecule has 0 unspecified atom stereocenters. The maximum atomic E-state index is 12.0. The second-order valence-corrected chi connectivity index (χ2v) is 9.33. The first-order valence-corrected chi connectivity index (χ1v) is 11.7. The molecule has 0 saturated carbocycles. The summed E-state index contributed by atoms with van der Waals surface area (Å²) in [6, 6.07) is 14.0. The van der Waals surface area contributed by atoms with Gasteiger partial charge in [-0.25, -0.2) is 8.42 Å². The number of anilines is 1. The van der Waals surface area contributed by atoms with Gasteiger partial charge in [0.1, 0.15) is 12.4 Å². The molecule has 0 bridgehead atoms. The number of amides is 1. The number of halogens is 2. The molecule has 0 aliphatic heterocycles. The number of hydrogen-bond donors (Lipinski definition) is 1. The first kappa shape index (κ1) is 22.5.